The van der Waals surface area contributed by atoms with E-state index in [9.17, 15) is 4.79 Å². The maximum absolute atomic E-state index is 12.2. The Hall–Kier alpha value is -1.51. The number of piperidine rings is 1. The highest BCUT2D eigenvalue weighted by molar-refractivity contribution is 5.90. The molecule has 3 heteroatoms. The van der Waals surface area contributed by atoms with E-state index in [1.165, 1.54) is 5.56 Å². The zero-order chi connectivity index (χ0) is 13.0. The lowest BCUT2D eigenvalue weighted by atomic mass is 10.00. The van der Waals surface area contributed by atoms with Crippen molar-refractivity contribution in [2.75, 3.05) is 18.4 Å². The third kappa shape index (κ3) is 3.03. The normalized spacial score (nSPS) is 16.7. The molecule has 98 valence electrons. The van der Waals surface area contributed by atoms with Crippen molar-refractivity contribution in [1.29, 1.82) is 0 Å². The largest absolute Gasteiger partial charge is 0.325 e. The molecule has 3 nitrogen and oxygen atoms in total. The summed E-state index contributed by atoms with van der Waals surface area (Å²) < 4.78 is 0. The molecule has 1 aliphatic rings. The number of aryl methyl sites for hydroxylation is 1. The van der Waals surface area contributed by atoms with E-state index in [1.54, 1.807) is 0 Å². The summed E-state index contributed by atoms with van der Waals surface area (Å²) in [6, 6.07) is 8.06. The van der Waals surface area contributed by atoms with E-state index in [0.717, 1.165) is 44.0 Å². The van der Waals surface area contributed by atoms with Crippen LogP contribution in [0.15, 0.2) is 24.3 Å². The van der Waals surface area contributed by atoms with Crippen molar-refractivity contribution in [3.05, 3.63) is 29.8 Å². The molecule has 1 aromatic rings. The minimum absolute atomic E-state index is 0.0443. The van der Waals surface area contributed by atoms with Crippen LogP contribution in [0, 0.1) is 5.92 Å². The summed E-state index contributed by atoms with van der Waals surface area (Å²) in [4.78, 5) is 14.1. The van der Waals surface area contributed by atoms with Crippen LogP contribution in [0.25, 0.3) is 0 Å². The zero-order valence-corrected chi connectivity index (χ0v) is 11.3. The van der Waals surface area contributed by atoms with Gasteiger partial charge in [-0.15, -0.1) is 0 Å². The molecule has 0 saturated carbocycles. The lowest BCUT2D eigenvalue weighted by molar-refractivity contribution is 0.186. The van der Waals surface area contributed by atoms with E-state index in [4.69, 9.17) is 0 Å². The standard InChI is InChI=1S/C15H22N2O/c1-3-13-6-4-5-7-14(13)16-15(18)17-10-8-12(2)9-11-17/h4-7,12H,3,8-11H2,1-2H3,(H,16,18). The molecule has 18 heavy (non-hydrogen) atoms. The minimum atomic E-state index is 0.0443. The van der Waals surface area contributed by atoms with E-state index in [0.29, 0.717) is 0 Å². The van der Waals surface area contributed by atoms with Crippen LogP contribution in [0.1, 0.15) is 32.3 Å². The average Bonchev–Trinajstić information content (AvgIpc) is 2.40. The smallest absolute Gasteiger partial charge is 0.321 e. The van der Waals surface area contributed by atoms with Gasteiger partial charge in [-0.3, -0.25) is 0 Å². The zero-order valence-electron chi connectivity index (χ0n) is 11.3. The second-order valence-corrected chi connectivity index (χ2v) is 5.11. The van der Waals surface area contributed by atoms with Gasteiger partial charge >= 0.3 is 6.03 Å². The number of para-hydroxylation sites is 1. The van der Waals surface area contributed by atoms with Crippen molar-refractivity contribution in [2.45, 2.75) is 33.1 Å². The number of rotatable bonds is 2. The first-order valence-electron chi connectivity index (χ1n) is 6.84. The SMILES string of the molecule is CCc1ccccc1NC(=O)N1CCC(C)CC1. The molecule has 0 aromatic heterocycles. The Morgan fingerprint density at radius 3 is 2.67 bits per heavy atom. The molecule has 1 heterocycles. The molecule has 1 N–H and O–H groups in total. The van der Waals surface area contributed by atoms with Crippen LogP contribution in [0.5, 0.6) is 0 Å². The number of anilines is 1. The van der Waals surface area contributed by atoms with Crippen LogP contribution >= 0.6 is 0 Å². The molecule has 0 aliphatic carbocycles. The van der Waals surface area contributed by atoms with Crippen molar-refractivity contribution in [3.63, 3.8) is 0 Å². The van der Waals surface area contributed by atoms with Crippen LogP contribution in [-0.2, 0) is 6.42 Å². The Morgan fingerprint density at radius 1 is 1.33 bits per heavy atom. The van der Waals surface area contributed by atoms with Crippen LogP contribution in [-0.4, -0.2) is 24.0 Å². The number of nitrogens with zero attached hydrogens (tertiary/aromatic N) is 1. The monoisotopic (exact) mass is 246 g/mol. The molecule has 1 aliphatic heterocycles. The van der Waals surface area contributed by atoms with E-state index < -0.39 is 0 Å². The molecule has 1 fully saturated rings. The quantitative estimate of drug-likeness (QED) is 0.851. The summed E-state index contributed by atoms with van der Waals surface area (Å²) in [6.07, 6.45) is 3.17. The number of carbonyl (C=O) groups excluding carboxylic acids is 1. The van der Waals surface area contributed by atoms with Gasteiger partial charge in [0.05, 0.1) is 0 Å². The Labute approximate surface area is 109 Å². The van der Waals surface area contributed by atoms with Crippen LogP contribution in [0.2, 0.25) is 0 Å². The molecule has 2 rings (SSSR count). The van der Waals surface area contributed by atoms with Crippen LogP contribution in [0.4, 0.5) is 10.5 Å². The molecular formula is C15H22N2O. The first kappa shape index (κ1) is 12.9. The lowest BCUT2D eigenvalue weighted by Gasteiger charge is -2.30. The summed E-state index contributed by atoms with van der Waals surface area (Å²) >= 11 is 0. The maximum atomic E-state index is 12.2. The van der Waals surface area contributed by atoms with Crippen molar-refractivity contribution in [2.24, 2.45) is 5.92 Å². The van der Waals surface area contributed by atoms with Gasteiger partial charge in [0.15, 0.2) is 0 Å². The number of likely N-dealkylation sites (tertiary alicyclic amines) is 1. The molecule has 0 spiro atoms. The number of hydrogen-bond acceptors (Lipinski definition) is 1. The fourth-order valence-electron chi connectivity index (χ4n) is 2.36. The number of nitrogens with one attached hydrogen (secondary N) is 1. The third-order valence-corrected chi connectivity index (χ3v) is 3.71. The van der Waals surface area contributed by atoms with Crippen molar-refractivity contribution < 1.29 is 4.79 Å². The van der Waals surface area contributed by atoms with Crippen LogP contribution < -0.4 is 5.32 Å². The van der Waals surface area contributed by atoms with Gasteiger partial charge < -0.3 is 10.2 Å². The highest BCUT2D eigenvalue weighted by Crippen LogP contribution is 2.19. The van der Waals surface area contributed by atoms with E-state index in [2.05, 4.69) is 25.2 Å². The molecule has 0 bridgehead atoms. The van der Waals surface area contributed by atoms with Gasteiger partial charge in [-0.2, -0.15) is 0 Å². The molecule has 2 amide bonds. The third-order valence-electron chi connectivity index (χ3n) is 3.71. The number of urea groups is 1. The summed E-state index contributed by atoms with van der Waals surface area (Å²) in [5, 5.41) is 3.03. The van der Waals surface area contributed by atoms with E-state index in [1.807, 2.05) is 23.1 Å². The predicted octanol–water partition coefficient (Wildman–Crippen LogP) is 3.51. The molecule has 1 saturated heterocycles. The summed E-state index contributed by atoms with van der Waals surface area (Å²) in [7, 11) is 0. The van der Waals surface area contributed by atoms with Gasteiger partial charge in [-0.05, 0) is 36.8 Å². The van der Waals surface area contributed by atoms with Crippen molar-refractivity contribution in [3.8, 4) is 0 Å². The van der Waals surface area contributed by atoms with Crippen molar-refractivity contribution in [1.82, 2.24) is 4.90 Å². The van der Waals surface area contributed by atoms with E-state index in [-0.39, 0.29) is 6.03 Å². The summed E-state index contributed by atoms with van der Waals surface area (Å²) in [5.41, 5.74) is 2.14. The molecule has 0 atom stereocenters. The second kappa shape index (κ2) is 5.89. The molecule has 0 radical (unpaired) electrons. The Morgan fingerprint density at radius 2 is 2.00 bits per heavy atom. The highest BCUT2D eigenvalue weighted by Gasteiger charge is 2.20. The van der Waals surface area contributed by atoms with Crippen molar-refractivity contribution >= 4 is 11.7 Å². The van der Waals surface area contributed by atoms with Gasteiger partial charge in [0.2, 0.25) is 0 Å². The lowest BCUT2D eigenvalue weighted by Crippen LogP contribution is -2.40. The van der Waals surface area contributed by atoms with Gasteiger partial charge in [-0.25, -0.2) is 4.79 Å². The highest BCUT2D eigenvalue weighted by atomic mass is 16.2. The second-order valence-electron chi connectivity index (χ2n) is 5.11. The maximum Gasteiger partial charge on any atom is 0.321 e. The van der Waals surface area contributed by atoms with Gasteiger partial charge in [0.1, 0.15) is 0 Å². The molecular weight excluding hydrogens is 224 g/mol. The van der Waals surface area contributed by atoms with Gasteiger partial charge in [0, 0.05) is 18.8 Å². The summed E-state index contributed by atoms with van der Waals surface area (Å²) in [6.45, 7) is 6.11. The fraction of sp³-hybridized carbons (Fsp3) is 0.533. The van der Waals surface area contributed by atoms with Gasteiger partial charge in [-0.1, -0.05) is 32.0 Å². The number of carbonyl (C=O) groups is 1. The Bertz CT molecular complexity index is 409. The topological polar surface area (TPSA) is 32.3 Å². The number of amides is 2. The van der Waals surface area contributed by atoms with Gasteiger partial charge in [0.25, 0.3) is 0 Å². The molecule has 0 unspecified atom stereocenters. The van der Waals surface area contributed by atoms with E-state index >= 15 is 0 Å². The average molecular weight is 246 g/mol. The molecule has 1 aromatic carbocycles. The predicted molar refractivity (Wildman–Crippen MR) is 74.8 cm³/mol. The fourth-order valence-corrected chi connectivity index (χ4v) is 2.36. The first-order valence-corrected chi connectivity index (χ1v) is 6.84. The number of benzene rings is 1. The number of hydrogen-bond donors (Lipinski definition) is 1. The minimum Gasteiger partial charge on any atom is -0.325 e. The Balaban J connectivity index is 1.98. The Kier molecular flexibility index (Phi) is 4.24. The first-order chi connectivity index (χ1) is 8.70. The van der Waals surface area contributed by atoms with Crippen LogP contribution in [0.3, 0.4) is 0 Å². The summed E-state index contributed by atoms with van der Waals surface area (Å²) in [5.74, 6) is 0.747.